The van der Waals surface area contributed by atoms with Gasteiger partial charge in [0.25, 0.3) is 11.8 Å². The van der Waals surface area contributed by atoms with Crippen molar-refractivity contribution in [3.05, 3.63) is 53.3 Å². The van der Waals surface area contributed by atoms with Crippen LogP contribution in [0.25, 0.3) is 11.0 Å². The number of hydrogen-bond donors (Lipinski definition) is 8. The second-order valence-corrected chi connectivity index (χ2v) is 30.1. The number of aliphatic carboxylic acids is 1. The van der Waals surface area contributed by atoms with Gasteiger partial charge in [-0.15, -0.1) is 0 Å². The number of aromatic amines is 1. The number of carbonyl (C=O) groups excluding carboxylic acids is 4. The summed E-state index contributed by atoms with van der Waals surface area (Å²) < 4.78 is 4.58. The van der Waals surface area contributed by atoms with Gasteiger partial charge in [0.2, 0.25) is 5.91 Å². The number of ether oxygens (including phenoxy) is 1. The van der Waals surface area contributed by atoms with E-state index in [1.54, 1.807) is 23.1 Å². The lowest BCUT2D eigenvalue weighted by molar-refractivity contribution is -0.150. The normalized spacial score (nSPS) is 24.1. The average molecular weight is 1270 g/mol. The minimum Gasteiger partial charge on any atom is -0.480 e. The molecule has 9 rings (SSSR count). The number of carboxylic acid groups (broad SMARTS) is 1. The number of imidazole rings is 1. The van der Waals surface area contributed by atoms with Gasteiger partial charge in [0.05, 0.1) is 40.7 Å². The molecule has 0 radical (unpaired) electrons. The number of rotatable bonds is 22. The number of nitrogens with zero attached hydrogens (tertiary/aromatic N) is 2. The third kappa shape index (κ3) is 21.8. The molecule has 0 saturated carbocycles. The number of hydrogen-bond acceptors (Lipinski definition) is 17. The summed E-state index contributed by atoms with van der Waals surface area (Å²) in [6.07, 6.45) is 27.3. The highest BCUT2D eigenvalue weighted by molar-refractivity contribution is 9.09. The van der Waals surface area contributed by atoms with E-state index in [9.17, 15) is 29.1 Å². The number of aromatic nitrogens is 2. The third-order valence-corrected chi connectivity index (χ3v) is 24.8. The molecule has 16 nitrogen and oxygen atoms in total. The summed E-state index contributed by atoms with van der Waals surface area (Å²) in [6, 6.07) is 10.0. The Hall–Kier alpha value is -2.64. The Morgan fingerprint density at radius 3 is 1.76 bits per heavy atom. The standard InChI is InChI=1S/C20H28N4OS2.C13H23NO2S2.C8H15BrS2.C8H13NO3.C7H9N3O/c21-18(25)15-7-4-8-16-17(15)24-19(23-16)20(11-5-12-22-20)10-3-1-2-6-14-9-13-26-27-14;15-12(16)13(8-4-9-14-13)7-3-1-2-5-11-6-10-17-18-11;9-6-3-1-2-4-8-5-7-10-11-8;1-6(10)9-5-3-4-7(9)8(11)12-2;8-5-3-1-2-4(6(5)9)7(10)11/h4,7-8,14,22H,1-3,5-6,9-13H2,(H2,21,25)(H,23,24);11,14H,1-10H2,(H,15,16);8H,1-7H2;7H,3-5H2,1-2H3;1-3H,8-9H2,(H2,10,11)/t14?,20-;11?,13-;8-;7-;/m0010./s1. The van der Waals surface area contributed by atoms with Crippen molar-refractivity contribution in [3.63, 3.8) is 0 Å². The summed E-state index contributed by atoms with van der Waals surface area (Å²) >= 11 is 3.45. The molecule has 6 atom stereocenters. The molecule has 6 saturated heterocycles. The maximum absolute atomic E-state index is 11.7. The summed E-state index contributed by atoms with van der Waals surface area (Å²) in [5.41, 5.74) is 23.7. The molecule has 0 spiro atoms. The summed E-state index contributed by atoms with van der Waals surface area (Å²) in [4.78, 5) is 65.7. The van der Waals surface area contributed by atoms with Gasteiger partial charge in [0.15, 0.2) is 0 Å². The van der Waals surface area contributed by atoms with Gasteiger partial charge < -0.3 is 53.3 Å². The molecule has 0 aliphatic carbocycles. The summed E-state index contributed by atoms with van der Waals surface area (Å²) in [5, 5.41) is 20.1. The van der Waals surface area contributed by atoms with E-state index in [-0.39, 0.29) is 34.7 Å². The molecule has 2 aromatic carbocycles. The molecule has 7 heterocycles. The van der Waals surface area contributed by atoms with E-state index in [1.807, 2.05) is 44.5 Å². The van der Waals surface area contributed by atoms with E-state index < -0.39 is 23.3 Å². The number of H-pyrrole nitrogens is 1. The van der Waals surface area contributed by atoms with Gasteiger partial charge >= 0.3 is 11.9 Å². The SMILES string of the molecule is BrCCCCC[C@@H]1CCSS1.COC(=O)[C@@H]1CCCN1C(C)=O.NC(=O)c1cccc(N)c1N.NC(=O)c1cccc2[nH]c([C@]3(CCCCCC4CCSS4)CCCN3)nc12.O=C(O)[C@]1(CCCCCC2CCSS2)CCCN1. The molecule has 79 heavy (non-hydrogen) atoms. The van der Waals surface area contributed by atoms with Crippen molar-refractivity contribution < 1.29 is 33.8 Å². The number of benzene rings is 2. The van der Waals surface area contributed by atoms with Gasteiger partial charge in [-0.05, 0) is 134 Å². The van der Waals surface area contributed by atoms with Crippen LogP contribution in [0.4, 0.5) is 11.4 Å². The van der Waals surface area contributed by atoms with Crippen LogP contribution < -0.4 is 33.6 Å². The maximum Gasteiger partial charge on any atom is 0.328 e. The average Bonchev–Trinajstić information content (AvgIpc) is 4.31. The number of amides is 3. The largest absolute Gasteiger partial charge is 0.480 e. The number of anilines is 2. The molecule has 6 fully saturated rings. The molecular formula is C56H88BrN9O7S6. The van der Waals surface area contributed by atoms with E-state index in [0.717, 1.165) is 98.0 Å². The van der Waals surface area contributed by atoms with Crippen LogP contribution in [0.3, 0.4) is 0 Å². The first-order valence-corrected chi connectivity index (χ1v) is 36.6. The number of carboxylic acids is 1. The highest BCUT2D eigenvalue weighted by Gasteiger charge is 2.41. The van der Waals surface area contributed by atoms with Crippen molar-refractivity contribution in [3.8, 4) is 0 Å². The molecule has 3 amide bonds. The van der Waals surface area contributed by atoms with Crippen LogP contribution in [0.2, 0.25) is 0 Å². The van der Waals surface area contributed by atoms with Gasteiger partial charge in [-0.2, -0.15) is 0 Å². The van der Waals surface area contributed by atoms with E-state index >= 15 is 0 Å². The lowest BCUT2D eigenvalue weighted by Crippen LogP contribution is -2.47. The van der Waals surface area contributed by atoms with Gasteiger partial charge in [-0.1, -0.05) is 144 Å². The fraction of sp³-hybridized carbons (Fsp3) is 0.679. The minimum absolute atomic E-state index is 0.0529. The molecule has 6 aliphatic heterocycles. The summed E-state index contributed by atoms with van der Waals surface area (Å²) in [7, 11) is 13.7. The van der Waals surface area contributed by atoms with E-state index in [4.69, 9.17) is 27.9 Å². The first kappa shape index (κ1) is 67.2. The van der Waals surface area contributed by atoms with Gasteiger partial charge in [0.1, 0.15) is 22.9 Å². The van der Waals surface area contributed by atoms with Crippen molar-refractivity contribution in [2.75, 3.05) is 60.8 Å². The lowest BCUT2D eigenvalue weighted by Gasteiger charge is -2.27. The number of likely N-dealkylation sites (tertiary alicyclic amines) is 1. The first-order valence-electron chi connectivity index (χ1n) is 28.4. The highest BCUT2D eigenvalue weighted by Crippen LogP contribution is 2.42. The van der Waals surface area contributed by atoms with Crippen LogP contribution in [0.15, 0.2) is 36.4 Å². The van der Waals surface area contributed by atoms with Crippen LogP contribution in [-0.4, -0.2) is 126 Å². The zero-order valence-electron chi connectivity index (χ0n) is 46.4. The summed E-state index contributed by atoms with van der Waals surface area (Å²) in [6.45, 7) is 4.04. The van der Waals surface area contributed by atoms with Crippen molar-refractivity contribution >= 4 is 133 Å². The van der Waals surface area contributed by atoms with Crippen LogP contribution in [-0.2, 0) is 24.7 Å². The number of unbranched alkanes of at least 4 members (excludes halogenated alkanes) is 6. The number of fused-ring (bicyclic) bond motifs is 1. The number of nitrogens with one attached hydrogen (secondary N) is 3. The fourth-order valence-electron chi connectivity index (χ4n) is 10.7. The second-order valence-electron chi connectivity index (χ2n) is 21.0. The van der Waals surface area contributed by atoms with Gasteiger partial charge in [0, 0.05) is 51.8 Å². The molecule has 12 N–H and O–H groups in total. The predicted molar refractivity (Wildman–Crippen MR) is 341 cm³/mol. The quantitative estimate of drug-likeness (QED) is 0.0153. The zero-order valence-corrected chi connectivity index (χ0v) is 52.9. The molecular weight excluding hydrogens is 1180 g/mol. The summed E-state index contributed by atoms with van der Waals surface area (Å²) in [5.74, 6) is 2.99. The molecule has 23 heteroatoms. The molecule has 1 aromatic heterocycles. The molecule has 2 unspecified atom stereocenters. The monoisotopic (exact) mass is 1270 g/mol. The Morgan fingerprint density at radius 2 is 1.28 bits per heavy atom. The van der Waals surface area contributed by atoms with Crippen molar-refractivity contribution in [2.45, 2.75) is 187 Å². The van der Waals surface area contributed by atoms with E-state index in [0.29, 0.717) is 23.3 Å². The third-order valence-electron chi connectivity index (χ3n) is 15.3. The first-order chi connectivity index (χ1) is 38.1. The van der Waals surface area contributed by atoms with Crippen LogP contribution >= 0.6 is 80.7 Å². The van der Waals surface area contributed by atoms with E-state index in [1.165, 1.54) is 133 Å². The Morgan fingerprint density at radius 1 is 0.722 bits per heavy atom. The predicted octanol–water partition coefficient (Wildman–Crippen LogP) is 11.9. The number of nitrogen functional groups attached to an aromatic ring is 2. The number of esters is 1. The fourth-order valence-corrected chi connectivity index (χ4v) is 20.2. The maximum atomic E-state index is 11.7. The number of carbonyl (C=O) groups is 5. The minimum atomic E-state index is -0.650. The Bertz CT molecular complexity index is 2340. The van der Waals surface area contributed by atoms with Crippen molar-refractivity contribution in [1.29, 1.82) is 0 Å². The Labute approximate surface area is 501 Å². The lowest BCUT2D eigenvalue weighted by atomic mass is 9.89. The second kappa shape index (κ2) is 36.2. The number of para-hydroxylation sites is 2. The smallest absolute Gasteiger partial charge is 0.328 e. The molecule has 0 bridgehead atoms. The highest BCUT2D eigenvalue weighted by atomic mass is 79.9. The van der Waals surface area contributed by atoms with Crippen LogP contribution in [0, 0.1) is 0 Å². The van der Waals surface area contributed by atoms with Crippen LogP contribution in [0.5, 0.6) is 0 Å². The number of primary amides is 2. The number of alkyl halides is 1. The zero-order chi connectivity index (χ0) is 57.0. The van der Waals surface area contributed by atoms with Gasteiger partial charge in [-0.3, -0.25) is 19.2 Å². The topological polar surface area (TPSA) is 275 Å². The van der Waals surface area contributed by atoms with Crippen LogP contribution in [0.1, 0.15) is 181 Å². The van der Waals surface area contributed by atoms with Crippen molar-refractivity contribution in [2.24, 2.45) is 11.5 Å². The van der Waals surface area contributed by atoms with Gasteiger partial charge in [-0.25, -0.2) is 9.78 Å². The number of methoxy groups -OCH3 is 1. The van der Waals surface area contributed by atoms with Crippen molar-refractivity contribution in [1.82, 2.24) is 25.5 Å². The molecule has 442 valence electrons. The molecule has 3 aromatic rings. The van der Waals surface area contributed by atoms with E-state index in [2.05, 4.69) is 68.7 Å². The Balaban J connectivity index is 0.000000192. The number of nitrogens with two attached hydrogens (primary N) is 4. The molecule has 6 aliphatic rings. The number of halogens is 1. The Kier molecular flexibility index (Phi) is 30.7.